The van der Waals surface area contributed by atoms with Crippen molar-refractivity contribution >= 4 is 22.4 Å². The fourth-order valence-electron chi connectivity index (χ4n) is 3.24. The summed E-state index contributed by atoms with van der Waals surface area (Å²) < 4.78 is 12.7. The fraction of sp³-hybridized carbons (Fsp3) is 0.227. The summed E-state index contributed by atoms with van der Waals surface area (Å²) in [7, 11) is 1.66. The highest BCUT2D eigenvalue weighted by Crippen LogP contribution is 2.38. The van der Waals surface area contributed by atoms with E-state index in [1.54, 1.807) is 14.0 Å². The second-order valence-electron chi connectivity index (χ2n) is 6.16. The largest absolute Gasteiger partial charge is 0.462 e. The highest BCUT2D eigenvalue weighted by Gasteiger charge is 2.24. The molecule has 0 bridgehead atoms. The lowest BCUT2D eigenvalue weighted by atomic mass is 9.99. The lowest BCUT2D eigenvalue weighted by molar-refractivity contribution is -0.136. The molecule has 134 valence electrons. The van der Waals surface area contributed by atoms with E-state index in [9.17, 15) is 4.79 Å². The van der Waals surface area contributed by atoms with Crippen LogP contribution in [0.5, 0.6) is 0 Å². The SMILES string of the molecule is C=C(C(=O)OCC)c1c(-c2ccccc2)n(COC)c2cc(C)ccc12. The molecule has 3 aromatic rings. The average Bonchev–Trinajstić information content (AvgIpc) is 2.96. The number of carbonyl (C=O) groups excluding carboxylic acids is 1. The number of carbonyl (C=O) groups is 1. The standard InChI is InChI=1S/C22H23NO3/c1-5-26-22(24)16(3)20-18-12-11-15(2)13-19(18)23(14-25-4)21(20)17-9-7-6-8-10-17/h6-13H,3,5,14H2,1-2,4H3. The van der Waals surface area contributed by atoms with Gasteiger partial charge >= 0.3 is 5.97 Å². The summed E-state index contributed by atoms with van der Waals surface area (Å²) in [4.78, 5) is 12.4. The van der Waals surface area contributed by atoms with Crippen molar-refractivity contribution in [3.05, 3.63) is 66.2 Å². The Balaban J connectivity index is 2.36. The van der Waals surface area contributed by atoms with Gasteiger partial charge in [-0.05, 0) is 31.0 Å². The maximum Gasteiger partial charge on any atom is 0.338 e. The molecule has 0 unspecified atom stereocenters. The van der Waals surface area contributed by atoms with E-state index in [1.165, 1.54) is 0 Å². The van der Waals surface area contributed by atoms with E-state index < -0.39 is 5.97 Å². The molecule has 1 heterocycles. The second kappa shape index (κ2) is 7.58. The molecule has 4 heteroatoms. The van der Waals surface area contributed by atoms with E-state index in [1.807, 2.05) is 49.4 Å². The maximum absolute atomic E-state index is 12.4. The molecule has 3 rings (SSSR count). The zero-order chi connectivity index (χ0) is 18.7. The van der Waals surface area contributed by atoms with Crippen molar-refractivity contribution < 1.29 is 14.3 Å². The van der Waals surface area contributed by atoms with Gasteiger partial charge in [0.1, 0.15) is 6.73 Å². The van der Waals surface area contributed by atoms with E-state index in [0.717, 1.165) is 33.3 Å². The molecular weight excluding hydrogens is 326 g/mol. The van der Waals surface area contributed by atoms with Crippen LogP contribution >= 0.6 is 0 Å². The number of nitrogens with zero attached hydrogens (tertiary/aromatic N) is 1. The minimum Gasteiger partial charge on any atom is -0.462 e. The topological polar surface area (TPSA) is 40.5 Å². The molecule has 0 N–H and O–H groups in total. The molecular formula is C22H23NO3. The predicted octanol–water partition coefficient (Wildman–Crippen LogP) is 4.80. The van der Waals surface area contributed by atoms with E-state index in [4.69, 9.17) is 9.47 Å². The van der Waals surface area contributed by atoms with Gasteiger partial charge in [0, 0.05) is 18.1 Å². The normalized spacial score (nSPS) is 10.9. The number of fused-ring (bicyclic) bond motifs is 1. The van der Waals surface area contributed by atoms with Crippen molar-refractivity contribution in [3.63, 3.8) is 0 Å². The molecule has 0 radical (unpaired) electrons. The van der Waals surface area contributed by atoms with Crippen LogP contribution in [0.25, 0.3) is 27.7 Å². The Morgan fingerprint density at radius 3 is 2.54 bits per heavy atom. The average molecular weight is 349 g/mol. The third kappa shape index (κ3) is 3.16. The number of hydrogen-bond donors (Lipinski definition) is 0. The van der Waals surface area contributed by atoms with Gasteiger partial charge in [-0.15, -0.1) is 0 Å². The molecule has 0 aliphatic rings. The van der Waals surface area contributed by atoms with Crippen molar-refractivity contribution in [2.75, 3.05) is 13.7 Å². The Morgan fingerprint density at radius 2 is 1.88 bits per heavy atom. The van der Waals surface area contributed by atoms with Gasteiger partial charge in [0.15, 0.2) is 0 Å². The van der Waals surface area contributed by atoms with Crippen LogP contribution in [0, 0.1) is 6.92 Å². The Bertz CT molecular complexity index is 954. The van der Waals surface area contributed by atoms with Crippen LogP contribution in [-0.4, -0.2) is 24.3 Å². The van der Waals surface area contributed by atoms with Gasteiger partial charge in [-0.1, -0.05) is 49.0 Å². The van der Waals surface area contributed by atoms with Gasteiger partial charge < -0.3 is 14.0 Å². The summed E-state index contributed by atoms with van der Waals surface area (Å²) in [6.45, 7) is 8.58. The van der Waals surface area contributed by atoms with Gasteiger partial charge in [0.05, 0.1) is 23.4 Å². The fourth-order valence-corrected chi connectivity index (χ4v) is 3.24. The van der Waals surface area contributed by atoms with E-state index in [-0.39, 0.29) is 0 Å². The first-order valence-electron chi connectivity index (χ1n) is 8.62. The third-order valence-electron chi connectivity index (χ3n) is 4.35. The Kier molecular flexibility index (Phi) is 5.24. The lowest BCUT2D eigenvalue weighted by Gasteiger charge is -2.13. The summed E-state index contributed by atoms with van der Waals surface area (Å²) in [5.74, 6) is -0.401. The van der Waals surface area contributed by atoms with E-state index in [2.05, 4.69) is 17.2 Å². The summed E-state index contributed by atoms with van der Waals surface area (Å²) in [6, 6.07) is 16.1. The first-order valence-corrected chi connectivity index (χ1v) is 8.62. The van der Waals surface area contributed by atoms with Crippen molar-refractivity contribution in [1.29, 1.82) is 0 Å². The number of esters is 1. The molecule has 0 saturated heterocycles. The van der Waals surface area contributed by atoms with Gasteiger partial charge in [-0.2, -0.15) is 0 Å². The minimum atomic E-state index is -0.401. The smallest absolute Gasteiger partial charge is 0.338 e. The van der Waals surface area contributed by atoms with Crippen LogP contribution < -0.4 is 0 Å². The number of aryl methyl sites for hydroxylation is 1. The highest BCUT2D eigenvalue weighted by atomic mass is 16.5. The van der Waals surface area contributed by atoms with Crippen LogP contribution in [0.1, 0.15) is 18.1 Å². The number of hydrogen-bond acceptors (Lipinski definition) is 3. The lowest BCUT2D eigenvalue weighted by Crippen LogP contribution is -2.08. The third-order valence-corrected chi connectivity index (χ3v) is 4.35. The molecule has 0 fully saturated rings. The van der Waals surface area contributed by atoms with Crippen LogP contribution in [-0.2, 0) is 21.0 Å². The Labute approximate surface area is 153 Å². The van der Waals surface area contributed by atoms with E-state index in [0.29, 0.717) is 18.9 Å². The van der Waals surface area contributed by atoms with Crippen LogP contribution in [0.3, 0.4) is 0 Å². The number of rotatable bonds is 6. The maximum atomic E-state index is 12.4. The van der Waals surface area contributed by atoms with Crippen molar-refractivity contribution in [2.45, 2.75) is 20.6 Å². The van der Waals surface area contributed by atoms with Crippen molar-refractivity contribution in [1.82, 2.24) is 4.57 Å². The minimum absolute atomic E-state index is 0.314. The molecule has 26 heavy (non-hydrogen) atoms. The van der Waals surface area contributed by atoms with Crippen molar-refractivity contribution in [3.8, 4) is 11.3 Å². The first-order chi connectivity index (χ1) is 12.6. The Hall–Kier alpha value is -2.85. The van der Waals surface area contributed by atoms with Crippen molar-refractivity contribution in [2.24, 2.45) is 0 Å². The molecule has 2 aromatic carbocycles. The van der Waals surface area contributed by atoms with E-state index >= 15 is 0 Å². The molecule has 0 spiro atoms. The zero-order valence-electron chi connectivity index (χ0n) is 15.4. The molecule has 1 aromatic heterocycles. The van der Waals surface area contributed by atoms with Gasteiger partial charge in [-0.25, -0.2) is 4.79 Å². The van der Waals surface area contributed by atoms with Crippen LogP contribution in [0.15, 0.2) is 55.1 Å². The summed E-state index contributed by atoms with van der Waals surface area (Å²) in [5, 5.41) is 0.963. The number of benzene rings is 2. The zero-order valence-corrected chi connectivity index (χ0v) is 15.4. The number of ether oxygens (including phenoxy) is 2. The molecule has 0 saturated carbocycles. The Morgan fingerprint density at radius 1 is 1.15 bits per heavy atom. The number of methoxy groups -OCH3 is 1. The summed E-state index contributed by atoms with van der Waals surface area (Å²) >= 11 is 0. The molecule has 4 nitrogen and oxygen atoms in total. The monoisotopic (exact) mass is 349 g/mol. The quantitative estimate of drug-likeness (QED) is 0.474. The molecule has 0 aliphatic heterocycles. The van der Waals surface area contributed by atoms with Crippen LogP contribution in [0.2, 0.25) is 0 Å². The first kappa shape index (κ1) is 18.0. The molecule has 0 atom stereocenters. The summed E-state index contributed by atoms with van der Waals surface area (Å²) in [5.41, 5.74) is 5.20. The van der Waals surface area contributed by atoms with Crippen LogP contribution in [0.4, 0.5) is 0 Å². The second-order valence-corrected chi connectivity index (χ2v) is 6.16. The molecule has 0 aliphatic carbocycles. The highest BCUT2D eigenvalue weighted by molar-refractivity contribution is 6.22. The van der Waals surface area contributed by atoms with Gasteiger partial charge in [-0.3, -0.25) is 0 Å². The predicted molar refractivity (Wildman–Crippen MR) is 105 cm³/mol. The van der Waals surface area contributed by atoms with Gasteiger partial charge in [0.25, 0.3) is 0 Å². The molecule has 0 amide bonds. The van der Waals surface area contributed by atoms with Gasteiger partial charge in [0.2, 0.25) is 0 Å². The summed E-state index contributed by atoms with van der Waals surface area (Å²) in [6.07, 6.45) is 0. The number of aromatic nitrogens is 1.